The van der Waals surface area contributed by atoms with Gasteiger partial charge in [0.2, 0.25) is 5.91 Å². The predicted molar refractivity (Wildman–Crippen MR) is 92.4 cm³/mol. The predicted octanol–water partition coefficient (Wildman–Crippen LogP) is 3.89. The molecule has 1 amide bonds. The van der Waals surface area contributed by atoms with Gasteiger partial charge in [0.25, 0.3) is 0 Å². The van der Waals surface area contributed by atoms with E-state index in [9.17, 15) is 4.79 Å². The van der Waals surface area contributed by atoms with E-state index in [-0.39, 0.29) is 11.9 Å². The second-order valence-corrected chi connectivity index (χ2v) is 6.28. The van der Waals surface area contributed by atoms with Gasteiger partial charge in [0.1, 0.15) is 11.5 Å². The summed E-state index contributed by atoms with van der Waals surface area (Å²) in [6.45, 7) is 4.73. The summed E-state index contributed by atoms with van der Waals surface area (Å²) in [6.07, 6.45) is 0. The van der Waals surface area contributed by atoms with Gasteiger partial charge in [-0.15, -0.1) is 0 Å². The number of furan rings is 1. The molecule has 0 N–H and O–H groups in total. The molecule has 0 aliphatic rings. The van der Waals surface area contributed by atoms with E-state index in [4.69, 9.17) is 16.0 Å². The van der Waals surface area contributed by atoms with Crippen molar-refractivity contribution in [2.45, 2.75) is 26.4 Å². The highest BCUT2D eigenvalue weighted by Gasteiger charge is 2.19. The van der Waals surface area contributed by atoms with Crippen LogP contribution in [-0.2, 0) is 11.3 Å². The van der Waals surface area contributed by atoms with Crippen molar-refractivity contribution >= 4 is 17.5 Å². The third-order valence-corrected chi connectivity index (χ3v) is 4.36. The molecule has 0 unspecified atom stereocenters. The maximum atomic E-state index is 12.4. The third kappa shape index (κ3) is 4.60. The molecule has 0 spiro atoms. The minimum Gasteiger partial charge on any atom is -0.464 e. The van der Waals surface area contributed by atoms with Gasteiger partial charge in [0.15, 0.2) is 0 Å². The Balaban J connectivity index is 1.94. The van der Waals surface area contributed by atoms with Gasteiger partial charge in [-0.1, -0.05) is 29.8 Å². The van der Waals surface area contributed by atoms with Gasteiger partial charge in [-0.3, -0.25) is 9.69 Å². The first-order valence-corrected chi connectivity index (χ1v) is 8.00. The molecule has 0 aliphatic heterocycles. The number of rotatable bonds is 6. The Labute approximate surface area is 142 Å². The highest BCUT2D eigenvalue weighted by molar-refractivity contribution is 6.31. The third-order valence-electron chi connectivity index (χ3n) is 4.02. The lowest BCUT2D eigenvalue weighted by molar-refractivity contribution is -0.132. The van der Waals surface area contributed by atoms with Crippen molar-refractivity contribution in [3.63, 3.8) is 0 Å². The van der Waals surface area contributed by atoms with Crippen LogP contribution >= 0.6 is 11.6 Å². The zero-order valence-corrected chi connectivity index (χ0v) is 14.8. The summed E-state index contributed by atoms with van der Waals surface area (Å²) in [7, 11) is 3.71. The molecule has 2 aromatic rings. The summed E-state index contributed by atoms with van der Waals surface area (Å²) in [5.74, 6) is 1.69. The number of likely N-dealkylation sites (N-methyl/N-ethyl adjacent to an activating group) is 2. The Morgan fingerprint density at radius 2 is 1.91 bits per heavy atom. The second-order valence-electron chi connectivity index (χ2n) is 5.87. The van der Waals surface area contributed by atoms with Gasteiger partial charge in [-0.2, -0.15) is 0 Å². The summed E-state index contributed by atoms with van der Waals surface area (Å²) in [5, 5.41) is 0.721. The van der Waals surface area contributed by atoms with Crippen LogP contribution in [0.15, 0.2) is 40.8 Å². The Morgan fingerprint density at radius 3 is 2.52 bits per heavy atom. The van der Waals surface area contributed by atoms with Crippen molar-refractivity contribution < 1.29 is 9.21 Å². The maximum Gasteiger partial charge on any atom is 0.236 e. The number of benzene rings is 1. The standard InChI is InChI=1S/C18H23ClN2O2/c1-13-9-10-15(23-13)11-21(4)18(22)12-20(3)14(2)16-7-5-6-8-17(16)19/h5-10,14H,11-12H2,1-4H3/t14-/m0/s1. The van der Waals surface area contributed by atoms with E-state index in [1.807, 2.05) is 62.2 Å². The summed E-state index contributed by atoms with van der Waals surface area (Å²) in [4.78, 5) is 16.1. The number of aryl methyl sites for hydroxylation is 1. The number of carbonyl (C=O) groups excluding carboxylic acids is 1. The molecule has 0 radical (unpaired) electrons. The van der Waals surface area contributed by atoms with E-state index in [0.717, 1.165) is 22.1 Å². The fourth-order valence-electron chi connectivity index (χ4n) is 2.41. The monoisotopic (exact) mass is 334 g/mol. The van der Waals surface area contributed by atoms with Gasteiger partial charge < -0.3 is 9.32 Å². The quantitative estimate of drug-likeness (QED) is 0.804. The van der Waals surface area contributed by atoms with Crippen LogP contribution in [-0.4, -0.2) is 36.3 Å². The lowest BCUT2D eigenvalue weighted by Crippen LogP contribution is -2.37. The van der Waals surface area contributed by atoms with Crippen molar-refractivity contribution in [3.05, 3.63) is 58.5 Å². The molecule has 2 rings (SSSR count). The van der Waals surface area contributed by atoms with Crippen molar-refractivity contribution in [2.75, 3.05) is 20.6 Å². The van der Waals surface area contributed by atoms with Crippen LogP contribution in [0, 0.1) is 6.92 Å². The SMILES string of the molecule is Cc1ccc(CN(C)C(=O)CN(C)[C@@H](C)c2ccccc2Cl)o1. The number of hydrogen-bond acceptors (Lipinski definition) is 3. The smallest absolute Gasteiger partial charge is 0.236 e. The molecule has 0 saturated heterocycles. The van der Waals surface area contributed by atoms with Gasteiger partial charge in [0.05, 0.1) is 13.1 Å². The van der Waals surface area contributed by atoms with E-state index in [2.05, 4.69) is 0 Å². The zero-order chi connectivity index (χ0) is 17.0. The van der Waals surface area contributed by atoms with E-state index in [0.29, 0.717) is 13.1 Å². The summed E-state index contributed by atoms with van der Waals surface area (Å²) < 4.78 is 5.52. The van der Waals surface area contributed by atoms with Crippen LogP contribution in [0.25, 0.3) is 0 Å². The van der Waals surface area contributed by atoms with Crippen LogP contribution in [0.1, 0.15) is 30.0 Å². The molecule has 1 aromatic carbocycles. The molecular weight excluding hydrogens is 312 g/mol. The van der Waals surface area contributed by atoms with E-state index < -0.39 is 0 Å². The van der Waals surface area contributed by atoms with Gasteiger partial charge in [-0.25, -0.2) is 0 Å². The Hall–Kier alpha value is -1.78. The number of amides is 1. The minimum atomic E-state index is 0.0421. The molecule has 0 saturated carbocycles. The minimum absolute atomic E-state index is 0.0421. The summed E-state index contributed by atoms with van der Waals surface area (Å²) >= 11 is 6.24. The molecular formula is C18H23ClN2O2. The van der Waals surface area contributed by atoms with Gasteiger partial charge in [-0.05, 0) is 44.7 Å². The Bertz CT molecular complexity index is 669. The summed E-state index contributed by atoms with van der Waals surface area (Å²) in [5.41, 5.74) is 1.02. The topological polar surface area (TPSA) is 36.7 Å². The number of carbonyl (C=O) groups is 1. The number of nitrogens with zero attached hydrogens (tertiary/aromatic N) is 2. The van der Waals surface area contributed by atoms with E-state index >= 15 is 0 Å². The second kappa shape index (κ2) is 7.66. The van der Waals surface area contributed by atoms with Crippen molar-refractivity contribution in [1.29, 1.82) is 0 Å². The van der Waals surface area contributed by atoms with Crippen LogP contribution in [0.4, 0.5) is 0 Å². The molecule has 1 atom stereocenters. The van der Waals surface area contributed by atoms with Crippen LogP contribution in [0.3, 0.4) is 0 Å². The highest BCUT2D eigenvalue weighted by Crippen LogP contribution is 2.26. The average molecular weight is 335 g/mol. The molecule has 4 nitrogen and oxygen atoms in total. The molecule has 0 fully saturated rings. The largest absolute Gasteiger partial charge is 0.464 e. The van der Waals surface area contributed by atoms with Gasteiger partial charge >= 0.3 is 0 Å². The van der Waals surface area contributed by atoms with Crippen LogP contribution < -0.4 is 0 Å². The first-order valence-electron chi connectivity index (χ1n) is 7.62. The summed E-state index contributed by atoms with van der Waals surface area (Å²) in [6, 6.07) is 11.6. The van der Waals surface area contributed by atoms with Crippen molar-refractivity contribution in [1.82, 2.24) is 9.80 Å². The molecule has 5 heteroatoms. The number of halogens is 1. The average Bonchev–Trinajstić information content (AvgIpc) is 2.92. The van der Waals surface area contributed by atoms with Crippen LogP contribution in [0.2, 0.25) is 5.02 Å². The van der Waals surface area contributed by atoms with E-state index in [1.54, 1.807) is 11.9 Å². The highest BCUT2D eigenvalue weighted by atomic mass is 35.5. The van der Waals surface area contributed by atoms with Crippen molar-refractivity contribution in [2.24, 2.45) is 0 Å². The molecule has 1 aromatic heterocycles. The normalized spacial score (nSPS) is 12.4. The molecule has 23 heavy (non-hydrogen) atoms. The fourth-order valence-corrected chi connectivity index (χ4v) is 2.71. The molecule has 1 heterocycles. The first kappa shape index (κ1) is 17.6. The van der Waals surface area contributed by atoms with Crippen LogP contribution in [0.5, 0.6) is 0 Å². The fraction of sp³-hybridized carbons (Fsp3) is 0.389. The van der Waals surface area contributed by atoms with E-state index in [1.165, 1.54) is 0 Å². The van der Waals surface area contributed by atoms with Gasteiger partial charge in [0, 0.05) is 18.1 Å². The molecule has 124 valence electrons. The van der Waals surface area contributed by atoms with Crippen molar-refractivity contribution in [3.8, 4) is 0 Å². The number of hydrogen-bond donors (Lipinski definition) is 0. The molecule has 0 bridgehead atoms. The maximum absolute atomic E-state index is 12.4. The Kier molecular flexibility index (Phi) is 5.85. The lowest BCUT2D eigenvalue weighted by Gasteiger charge is -2.27. The Morgan fingerprint density at radius 1 is 1.22 bits per heavy atom. The lowest BCUT2D eigenvalue weighted by atomic mass is 10.1. The zero-order valence-electron chi connectivity index (χ0n) is 14.0. The molecule has 0 aliphatic carbocycles. The first-order chi connectivity index (χ1) is 10.9.